The van der Waals surface area contributed by atoms with E-state index < -0.39 is 0 Å². The van der Waals surface area contributed by atoms with E-state index in [4.69, 9.17) is 4.74 Å². The molecule has 3 fully saturated rings. The molecule has 0 aromatic heterocycles. The molecule has 1 N–H and O–H groups in total. The fraction of sp³-hybridized carbons (Fsp3) is 1.00. The van der Waals surface area contributed by atoms with E-state index in [-0.39, 0.29) is 5.60 Å². The van der Waals surface area contributed by atoms with Crippen LogP contribution in [-0.2, 0) is 4.74 Å². The number of nitrogens with one attached hydrogen (secondary N) is 1. The third-order valence-electron chi connectivity index (χ3n) is 4.74. The van der Waals surface area contributed by atoms with Gasteiger partial charge in [0.2, 0.25) is 0 Å². The molecule has 3 saturated heterocycles. The molecule has 0 radical (unpaired) electrons. The first kappa shape index (κ1) is 11.9. The lowest BCUT2D eigenvalue weighted by Crippen LogP contribution is -2.48. The van der Waals surface area contributed by atoms with E-state index in [2.05, 4.69) is 24.1 Å². The SMILES string of the molecule is CC1(C)CC(N2CCC3CCC(C2)N3)CCO1. The topological polar surface area (TPSA) is 24.5 Å². The van der Waals surface area contributed by atoms with Crippen molar-refractivity contribution in [2.24, 2.45) is 0 Å². The number of hydrogen-bond donors (Lipinski definition) is 1. The van der Waals surface area contributed by atoms with Crippen LogP contribution in [0.15, 0.2) is 0 Å². The van der Waals surface area contributed by atoms with E-state index in [0.29, 0.717) is 0 Å². The Kier molecular flexibility index (Phi) is 3.18. The highest BCUT2D eigenvalue weighted by molar-refractivity contribution is 4.93. The second-order valence-corrected chi connectivity index (χ2v) is 6.68. The van der Waals surface area contributed by atoms with Crippen LogP contribution < -0.4 is 5.32 Å². The van der Waals surface area contributed by atoms with E-state index >= 15 is 0 Å². The van der Waals surface area contributed by atoms with Crippen molar-refractivity contribution in [3.8, 4) is 0 Å². The van der Waals surface area contributed by atoms with Crippen molar-refractivity contribution < 1.29 is 4.74 Å². The van der Waals surface area contributed by atoms with Gasteiger partial charge in [-0.25, -0.2) is 0 Å². The fourth-order valence-corrected chi connectivity index (χ4v) is 3.81. The van der Waals surface area contributed by atoms with Gasteiger partial charge in [-0.05, 0) is 52.5 Å². The predicted molar refractivity (Wildman–Crippen MR) is 69.2 cm³/mol. The first-order valence-electron chi connectivity index (χ1n) is 7.26. The van der Waals surface area contributed by atoms with E-state index in [1.165, 1.54) is 45.2 Å². The number of fused-ring (bicyclic) bond motifs is 2. The molecule has 0 saturated carbocycles. The monoisotopic (exact) mass is 238 g/mol. The zero-order valence-corrected chi connectivity index (χ0v) is 11.2. The summed E-state index contributed by atoms with van der Waals surface area (Å²) < 4.78 is 5.84. The Labute approximate surface area is 105 Å². The summed E-state index contributed by atoms with van der Waals surface area (Å²) in [4.78, 5) is 2.74. The molecule has 3 nitrogen and oxygen atoms in total. The molecule has 0 aromatic carbocycles. The lowest BCUT2D eigenvalue weighted by Gasteiger charge is -2.41. The van der Waals surface area contributed by atoms with Crippen molar-refractivity contribution >= 4 is 0 Å². The van der Waals surface area contributed by atoms with E-state index in [0.717, 1.165) is 24.7 Å². The molecule has 0 aromatic rings. The highest BCUT2D eigenvalue weighted by Gasteiger charge is 2.36. The van der Waals surface area contributed by atoms with Crippen molar-refractivity contribution in [3.05, 3.63) is 0 Å². The van der Waals surface area contributed by atoms with Crippen LogP contribution in [0.5, 0.6) is 0 Å². The molecule has 17 heavy (non-hydrogen) atoms. The van der Waals surface area contributed by atoms with Gasteiger partial charge in [-0.2, -0.15) is 0 Å². The Morgan fingerprint density at radius 1 is 1.12 bits per heavy atom. The average molecular weight is 238 g/mol. The van der Waals surface area contributed by atoms with Crippen LogP contribution in [0.4, 0.5) is 0 Å². The van der Waals surface area contributed by atoms with Gasteiger partial charge < -0.3 is 10.1 Å². The van der Waals surface area contributed by atoms with Crippen molar-refractivity contribution in [1.82, 2.24) is 10.2 Å². The van der Waals surface area contributed by atoms with Gasteiger partial charge in [-0.1, -0.05) is 0 Å². The summed E-state index contributed by atoms with van der Waals surface area (Å²) in [5.41, 5.74) is 0.0850. The summed E-state index contributed by atoms with van der Waals surface area (Å²) >= 11 is 0. The second-order valence-electron chi connectivity index (χ2n) is 6.68. The molecule has 3 heterocycles. The molecule has 2 bridgehead atoms. The number of nitrogens with zero attached hydrogens (tertiary/aromatic N) is 1. The Bertz CT molecular complexity index is 279. The summed E-state index contributed by atoms with van der Waals surface area (Å²) in [6.07, 6.45) is 6.55. The Morgan fingerprint density at radius 2 is 1.94 bits per heavy atom. The smallest absolute Gasteiger partial charge is 0.0641 e. The molecule has 0 amide bonds. The van der Waals surface area contributed by atoms with Crippen LogP contribution in [0.3, 0.4) is 0 Å². The van der Waals surface area contributed by atoms with Gasteiger partial charge in [0, 0.05) is 31.3 Å². The minimum absolute atomic E-state index is 0.0850. The molecule has 3 rings (SSSR count). The largest absolute Gasteiger partial charge is 0.375 e. The van der Waals surface area contributed by atoms with Crippen LogP contribution in [-0.4, -0.2) is 48.3 Å². The van der Waals surface area contributed by atoms with Gasteiger partial charge in [0.25, 0.3) is 0 Å². The van der Waals surface area contributed by atoms with E-state index in [9.17, 15) is 0 Å². The first-order valence-corrected chi connectivity index (χ1v) is 7.26. The van der Waals surface area contributed by atoms with E-state index in [1.807, 2.05) is 0 Å². The van der Waals surface area contributed by atoms with Crippen molar-refractivity contribution in [2.45, 2.75) is 69.7 Å². The summed E-state index contributed by atoms with van der Waals surface area (Å²) in [7, 11) is 0. The molecule has 3 aliphatic heterocycles. The average Bonchev–Trinajstić information content (AvgIpc) is 2.56. The number of hydrogen-bond acceptors (Lipinski definition) is 3. The molecule has 98 valence electrons. The molecule has 0 aliphatic carbocycles. The maximum absolute atomic E-state index is 5.84. The Hall–Kier alpha value is -0.120. The third kappa shape index (κ3) is 2.67. The number of ether oxygens (including phenoxy) is 1. The lowest BCUT2D eigenvalue weighted by atomic mass is 9.92. The van der Waals surface area contributed by atoms with Gasteiger partial charge in [0.15, 0.2) is 0 Å². The Morgan fingerprint density at radius 3 is 2.76 bits per heavy atom. The summed E-state index contributed by atoms with van der Waals surface area (Å²) in [6.45, 7) is 7.96. The standard InChI is InChI=1S/C14H26N2O/c1-14(2)9-13(6-8-17-14)16-7-5-11-3-4-12(10-16)15-11/h11-13,15H,3-10H2,1-2H3. The number of rotatable bonds is 1. The summed E-state index contributed by atoms with van der Waals surface area (Å²) in [5, 5.41) is 3.77. The van der Waals surface area contributed by atoms with Crippen LogP contribution in [0.1, 0.15) is 46.0 Å². The van der Waals surface area contributed by atoms with Gasteiger partial charge >= 0.3 is 0 Å². The maximum atomic E-state index is 5.84. The highest BCUT2D eigenvalue weighted by atomic mass is 16.5. The van der Waals surface area contributed by atoms with Crippen LogP contribution in [0.2, 0.25) is 0 Å². The van der Waals surface area contributed by atoms with Gasteiger partial charge in [-0.3, -0.25) is 4.90 Å². The minimum Gasteiger partial charge on any atom is -0.375 e. The predicted octanol–water partition coefficient (Wildman–Crippen LogP) is 1.77. The van der Waals surface area contributed by atoms with Crippen molar-refractivity contribution in [2.75, 3.05) is 19.7 Å². The quantitative estimate of drug-likeness (QED) is 0.753. The highest BCUT2D eigenvalue weighted by Crippen LogP contribution is 2.30. The van der Waals surface area contributed by atoms with Crippen LogP contribution >= 0.6 is 0 Å². The second kappa shape index (κ2) is 4.52. The summed E-state index contributed by atoms with van der Waals surface area (Å²) in [6, 6.07) is 2.31. The molecular weight excluding hydrogens is 212 g/mol. The molecule has 3 unspecified atom stereocenters. The molecule has 3 atom stereocenters. The van der Waals surface area contributed by atoms with Crippen molar-refractivity contribution in [1.29, 1.82) is 0 Å². The zero-order valence-electron chi connectivity index (χ0n) is 11.2. The molecule has 0 spiro atoms. The van der Waals surface area contributed by atoms with Gasteiger partial charge in [0.1, 0.15) is 0 Å². The third-order valence-corrected chi connectivity index (χ3v) is 4.74. The van der Waals surface area contributed by atoms with Crippen molar-refractivity contribution in [3.63, 3.8) is 0 Å². The fourth-order valence-electron chi connectivity index (χ4n) is 3.81. The normalized spacial score (nSPS) is 42.4. The minimum atomic E-state index is 0.0850. The van der Waals surface area contributed by atoms with Crippen LogP contribution in [0.25, 0.3) is 0 Å². The first-order chi connectivity index (χ1) is 8.12. The van der Waals surface area contributed by atoms with Gasteiger partial charge in [0.05, 0.1) is 5.60 Å². The maximum Gasteiger partial charge on any atom is 0.0641 e. The molecule has 3 aliphatic rings. The Balaban J connectivity index is 1.63. The number of likely N-dealkylation sites (tertiary alicyclic amines) is 1. The zero-order chi connectivity index (χ0) is 11.9. The van der Waals surface area contributed by atoms with Gasteiger partial charge in [-0.15, -0.1) is 0 Å². The van der Waals surface area contributed by atoms with E-state index in [1.54, 1.807) is 0 Å². The molecule has 3 heteroatoms. The lowest BCUT2D eigenvalue weighted by molar-refractivity contribution is -0.0836. The molecular formula is C14H26N2O. The van der Waals surface area contributed by atoms with Crippen LogP contribution in [0, 0.1) is 0 Å². The summed E-state index contributed by atoms with van der Waals surface area (Å²) in [5.74, 6) is 0.